The molecule has 0 aromatic heterocycles. The highest BCUT2D eigenvalue weighted by molar-refractivity contribution is 7.89. The van der Waals surface area contributed by atoms with Crippen LogP contribution in [-0.4, -0.2) is 14.3 Å². The standard InChI is InChI=1S/C20H17ClN2O4S/c21-15-7-4-8-17(12-15)27-18-10-9-16(13-19(18)28(22,25)26)23-20(24)11-14-5-2-1-3-6-14/h1-10,12-13H,11H2,(H,23,24)(H2,22,25,26)/i11D2. The van der Waals surface area contributed by atoms with E-state index in [1.54, 1.807) is 36.4 Å². The molecule has 0 fully saturated rings. The van der Waals surface area contributed by atoms with Gasteiger partial charge in [-0.15, -0.1) is 0 Å². The molecule has 8 heteroatoms. The lowest BCUT2D eigenvalue weighted by molar-refractivity contribution is -0.115. The van der Waals surface area contributed by atoms with E-state index in [0.29, 0.717) is 10.8 Å². The molecular formula is C20H17ClN2O4S. The fourth-order valence-electron chi connectivity index (χ4n) is 2.36. The van der Waals surface area contributed by atoms with Crippen molar-refractivity contribution in [2.45, 2.75) is 11.3 Å². The Morgan fingerprint density at radius 2 is 1.82 bits per heavy atom. The van der Waals surface area contributed by atoms with Gasteiger partial charge in [0.1, 0.15) is 16.4 Å². The minimum Gasteiger partial charge on any atom is -0.456 e. The first kappa shape index (κ1) is 17.2. The van der Waals surface area contributed by atoms with E-state index in [2.05, 4.69) is 5.32 Å². The fraction of sp³-hybridized carbons (Fsp3) is 0.0500. The van der Waals surface area contributed by atoms with Crippen LogP contribution in [0.1, 0.15) is 8.30 Å². The van der Waals surface area contributed by atoms with Gasteiger partial charge in [0, 0.05) is 13.5 Å². The smallest absolute Gasteiger partial charge is 0.241 e. The topological polar surface area (TPSA) is 98.5 Å². The van der Waals surface area contributed by atoms with E-state index in [4.69, 9.17) is 24.2 Å². The highest BCUT2D eigenvalue weighted by Gasteiger charge is 2.18. The average Bonchev–Trinajstić information content (AvgIpc) is 2.69. The summed E-state index contributed by atoms with van der Waals surface area (Å²) in [5, 5.41) is 8.08. The summed E-state index contributed by atoms with van der Waals surface area (Å²) in [5.41, 5.74) is 0.206. The Kier molecular flexibility index (Phi) is 5.19. The van der Waals surface area contributed by atoms with Crippen molar-refractivity contribution in [3.05, 3.63) is 83.4 Å². The molecule has 3 aromatic rings. The van der Waals surface area contributed by atoms with Crippen LogP contribution in [0.15, 0.2) is 77.7 Å². The first-order valence-corrected chi connectivity index (χ1v) is 9.97. The summed E-state index contributed by atoms with van der Waals surface area (Å²) in [5.74, 6) is -0.731. The van der Waals surface area contributed by atoms with Gasteiger partial charge in [0.2, 0.25) is 15.9 Å². The molecule has 1 amide bonds. The molecule has 0 saturated heterocycles. The highest BCUT2D eigenvalue weighted by atomic mass is 35.5. The Hall–Kier alpha value is -2.87. The van der Waals surface area contributed by atoms with Crippen molar-refractivity contribution < 1.29 is 20.7 Å². The Labute approximate surface area is 170 Å². The number of hydrogen-bond acceptors (Lipinski definition) is 4. The number of benzene rings is 3. The Morgan fingerprint density at radius 3 is 2.50 bits per heavy atom. The summed E-state index contributed by atoms with van der Waals surface area (Å²) in [4.78, 5) is 12.1. The molecule has 0 unspecified atom stereocenters. The number of nitrogens with one attached hydrogen (secondary N) is 1. The van der Waals surface area contributed by atoms with E-state index < -0.39 is 22.3 Å². The molecule has 0 atom stereocenters. The highest BCUT2D eigenvalue weighted by Crippen LogP contribution is 2.31. The molecule has 0 radical (unpaired) electrons. The number of hydrogen-bond donors (Lipinski definition) is 2. The summed E-state index contributed by atoms with van der Waals surface area (Å²) >= 11 is 5.91. The third kappa shape index (κ3) is 5.32. The molecule has 0 saturated carbocycles. The molecule has 0 aliphatic heterocycles. The average molecular weight is 419 g/mol. The zero-order valence-electron chi connectivity index (χ0n) is 16.4. The zero-order chi connectivity index (χ0) is 21.9. The predicted molar refractivity (Wildman–Crippen MR) is 108 cm³/mol. The second kappa shape index (κ2) is 8.43. The van der Waals surface area contributed by atoms with Crippen LogP contribution >= 0.6 is 11.6 Å². The van der Waals surface area contributed by atoms with Crippen LogP contribution in [0.5, 0.6) is 11.5 Å². The third-order valence-electron chi connectivity index (χ3n) is 3.56. The molecule has 144 valence electrons. The molecule has 3 N–H and O–H groups in total. The van der Waals surface area contributed by atoms with Gasteiger partial charge in [-0.2, -0.15) is 0 Å². The molecule has 3 rings (SSSR count). The number of halogens is 1. The van der Waals surface area contributed by atoms with Crippen molar-refractivity contribution in [1.82, 2.24) is 0 Å². The molecule has 6 nitrogen and oxygen atoms in total. The van der Waals surface area contributed by atoms with Crippen molar-refractivity contribution in [2.24, 2.45) is 5.14 Å². The lowest BCUT2D eigenvalue weighted by Crippen LogP contribution is -2.17. The molecule has 0 heterocycles. The van der Waals surface area contributed by atoms with E-state index in [1.165, 1.54) is 30.3 Å². The van der Waals surface area contributed by atoms with E-state index in [1.807, 2.05) is 0 Å². The van der Waals surface area contributed by atoms with Crippen molar-refractivity contribution in [2.75, 3.05) is 5.32 Å². The quantitative estimate of drug-likeness (QED) is 0.632. The van der Waals surface area contributed by atoms with Gasteiger partial charge in [-0.05, 0) is 42.0 Å². The molecular weight excluding hydrogens is 400 g/mol. The maximum absolute atomic E-state index is 12.5. The number of amides is 1. The van der Waals surface area contributed by atoms with Gasteiger partial charge in [0.25, 0.3) is 0 Å². The minimum absolute atomic E-state index is 0.0438. The number of anilines is 1. The number of carbonyl (C=O) groups excluding carboxylic acids is 1. The van der Waals surface area contributed by atoms with Crippen LogP contribution in [-0.2, 0) is 21.2 Å². The van der Waals surface area contributed by atoms with E-state index in [9.17, 15) is 13.2 Å². The molecule has 28 heavy (non-hydrogen) atoms. The first-order valence-electron chi connectivity index (χ1n) is 9.04. The van der Waals surface area contributed by atoms with Gasteiger partial charge in [0.15, 0.2) is 0 Å². The van der Waals surface area contributed by atoms with Crippen LogP contribution < -0.4 is 15.2 Å². The van der Waals surface area contributed by atoms with Gasteiger partial charge in [0.05, 0.1) is 6.37 Å². The van der Waals surface area contributed by atoms with Crippen LogP contribution in [0.25, 0.3) is 0 Å². The predicted octanol–water partition coefficient (Wildman–Crippen LogP) is 3.96. The maximum atomic E-state index is 12.5. The number of nitrogens with two attached hydrogens (primary N) is 1. The van der Waals surface area contributed by atoms with Gasteiger partial charge < -0.3 is 10.1 Å². The Morgan fingerprint density at radius 1 is 1.07 bits per heavy atom. The Balaban J connectivity index is 1.91. The number of primary sulfonamides is 1. The van der Waals surface area contributed by atoms with Crippen molar-refractivity contribution in [3.8, 4) is 11.5 Å². The van der Waals surface area contributed by atoms with Crippen LogP contribution in [0.4, 0.5) is 5.69 Å². The van der Waals surface area contributed by atoms with Crippen LogP contribution in [0.3, 0.4) is 0 Å². The first-order chi connectivity index (χ1) is 14.1. The normalized spacial score (nSPS) is 12.6. The number of rotatable bonds is 6. The van der Waals surface area contributed by atoms with Crippen LogP contribution in [0.2, 0.25) is 5.02 Å². The number of ether oxygens (including phenoxy) is 1. The number of sulfonamides is 1. The van der Waals surface area contributed by atoms with E-state index in [0.717, 1.165) is 6.07 Å². The molecule has 0 bridgehead atoms. The number of carbonyl (C=O) groups is 1. The third-order valence-corrected chi connectivity index (χ3v) is 4.73. The van der Waals surface area contributed by atoms with Gasteiger partial charge >= 0.3 is 0 Å². The van der Waals surface area contributed by atoms with Crippen molar-refractivity contribution >= 4 is 33.2 Å². The second-order valence-corrected chi connectivity index (χ2v) is 7.68. The van der Waals surface area contributed by atoms with Crippen molar-refractivity contribution in [3.63, 3.8) is 0 Å². The Bertz CT molecular complexity index is 1190. The molecule has 0 aliphatic carbocycles. The maximum Gasteiger partial charge on any atom is 0.241 e. The lowest BCUT2D eigenvalue weighted by Gasteiger charge is -2.12. The van der Waals surface area contributed by atoms with E-state index in [-0.39, 0.29) is 21.9 Å². The SMILES string of the molecule is [2H]C([2H])(C(=O)Nc1ccc(Oc2cccc(Cl)c2)c(S(N)(=O)=O)c1)c1ccccc1. The summed E-state index contributed by atoms with van der Waals surface area (Å²) in [7, 11) is -4.21. The largest absolute Gasteiger partial charge is 0.456 e. The zero-order valence-corrected chi connectivity index (χ0v) is 16.0. The fourth-order valence-corrected chi connectivity index (χ4v) is 3.23. The summed E-state index contributed by atoms with van der Waals surface area (Å²) in [6, 6.07) is 18.0. The van der Waals surface area contributed by atoms with Gasteiger partial charge in [-0.25, -0.2) is 13.6 Å². The minimum atomic E-state index is -4.21. The molecule has 0 aliphatic rings. The monoisotopic (exact) mass is 418 g/mol. The lowest BCUT2D eigenvalue weighted by atomic mass is 10.1. The van der Waals surface area contributed by atoms with Crippen molar-refractivity contribution in [1.29, 1.82) is 0 Å². The summed E-state index contributed by atoms with van der Waals surface area (Å²) in [6.45, 7) is 0. The van der Waals surface area contributed by atoms with Gasteiger partial charge in [-0.3, -0.25) is 4.79 Å². The second-order valence-electron chi connectivity index (χ2n) is 5.71. The molecule has 3 aromatic carbocycles. The molecule has 0 spiro atoms. The summed E-state index contributed by atoms with van der Waals surface area (Å²) < 4.78 is 45.9. The van der Waals surface area contributed by atoms with E-state index >= 15 is 0 Å². The summed E-state index contributed by atoms with van der Waals surface area (Å²) in [6.07, 6.45) is -2.33. The van der Waals surface area contributed by atoms with Gasteiger partial charge in [-0.1, -0.05) is 48.0 Å². The van der Waals surface area contributed by atoms with Crippen LogP contribution in [0, 0.1) is 0 Å².